The number of nitrogens with zero attached hydrogens (tertiary/aromatic N) is 2. The van der Waals surface area contributed by atoms with Crippen molar-refractivity contribution in [1.29, 1.82) is 0 Å². The molecule has 0 saturated carbocycles. The van der Waals surface area contributed by atoms with Crippen molar-refractivity contribution in [3.63, 3.8) is 0 Å². The van der Waals surface area contributed by atoms with Crippen LogP contribution in [-0.4, -0.2) is 35.8 Å². The van der Waals surface area contributed by atoms with Crippen LogP contribution in [0.4, 0.5) is 0 Å². The fourth-order valence-electron chi connectivity index (χ4n) is 2.65. The number of fused-ring (bicyclic) bond motifs is 1. The number of benzene rings is 1. The molecule has 1 saturated heterocycles. The van der Waals surface area contributed by atoms with Crippen LogP contribution >= 0.6 is 0 Å². The molecular formula is C14H19N3O2S. The molecule has 0 radical (unpaired) electrons. The topological polar surface area (TPSA) is 66.1 Å². The van der Waals surface area contributed by atoms with Crippen molar-refractivity contribution in [1.82, 2.24) is 14.3 Å². The Hall–Kier alpha value is -1.40. The molecule has 1 N–H and O–H groups in total. The Bertz CT molecular complexity index is 728. The van der Waals surface area contributed by atoms with Crippen LogP contribution in [-0.2, 0) is 10.0 Å². The summed E-state index contributed by atoms with van der Waals surface area (Å²) in [5.74, 6) is 1.40. The maximum absolute atomic E-state index is 12.6. The Morgan fingerprint density at radius 2 is 2.00 bits per heavy atom. The number of hydrogen-bond donors (Lipinski definition) is 1. The summed E-state index contributed by atoms with van der Waals surface area (Å²) in [6.45, 7) is 5.26. The van der Waals surface area contributed by atoms with Crippen molar-refractivity contribution >= 4 is 21.1 Å². The van der Waals surface area contributed by atoms with Crippen LogP contribution in [0.2, 0.25) is 0 Å². The Kier molecular flexibility index (Phi) is 3.30. The van der Waals surface area contributed by atoms with Gasteiger partial charge in [0.15, 0.2) is 0 Å². The van der Waals surface area contributed by atoms with E-state index in [0.29, 0.717) is 23.9 Å². The zero-order chi connectivity index (χ0) is 14.3. The third-order valence-electron chi connectivity index (χ3n) is 3.95. The first-order chi connectivity index (χ1) is 9.46. The van der Waals surface area contributed by atoms with Crippen molar-refractivity contribution in [3.8, 4) is 0 Å². The second-order valence-corrected chi connectivity index (χ2v) is 7.53. The number of rotatable bonds is 2. The molecule has 1 fully saturated rings. The first-order valence-electron chi connectivity index (χ1n) is 6.93. The predicted octanol–water partition coefficient (Wildman–Crippen LogP) is 2.29. The van der Waals surface area contributed by atoms with E-state index in [1.165, 1.54) is 0 Å². The van der Waals surface area contributed by atoms with E-state index in [1.54, 1.807) is 22.5 Å². The van der Waals surface area contributed by atoms with Gasteiger partial charge < -0.3 is 4.98 Å². The summed E-state index contributed by atoms with van der Waals surface area (Å²) in [7, 11) is -3.38. The molecule has 0 spiro atoms. The number of sulfonamides is 1. The molecule has 6 heteroatoms. The summed E-state index contributed by atoms with van der Waals surface area (Å²) in [5, 5.41) is 0. The van der Waals surface area contributed by atoms with Gasteiger partial charge in [-0.15, -0.1) is 0 Å². The molecular weight excluding hydrogens is 274 g/mol. The quantitative estimate of drug-likeness (QED) is 0.924. The maximum Gasteiger partial charge on any atom is 0.243 e. The van der Waals surface area contributed by atoms with E-state index in [-0.39, 0.29) is 0 Å². The Morgan fingerprint density at radius 3 is 2.70 bits per heavy atom. The molecule has 0 atom stereocenters. The number of aryl methyl sites for hydroxylation is 1. The number of H-pyrrole nitrogens is 1. The van der Waals surface area contributed by atoms with Gasteiger partial charge in [-0.1, -0.05) is 6.92 Å². The van der Waals surface area contributed by atoms with Gasteiger partial charge in [-0.05, 0) is 43.9 Å². The lowest BCUT2D eigenvalue weighted by molar-refractivity contribution is 0.288. The number of aromatic nitrogens is 2. The van der Waals surface area contributed by atoms with E-state index >= 15 is 0 Å². The van der Waals surface area contributed by atoms with E-state index in [1.807, 2.05) is 6.92 Å². The first-order valence-corrected chi connectivity index (χ1v) is 8.37. The van der Waals surface area contributed by atoms with Crippen LogP contribution in [0.5, 0.6) is 0 Å². The van der Waals surface area contributed by atoms with Crippen LogP contribution in [0, 0.1) is 12.8 Å². The summed E-state index contributed by atoms with van der Waals surface area (Å²) >= 11 is 0. The number of hydrogen-bond acceptors (Lipinski definition) is 3. The highest BCUT2D eigenvalue weighted by Crippen LogP contribution is 2.25. The standard InChI is InChI=1S/C14H19N3O2S/c1-10-5-7-17(8-6-10)20(18,19)12-3-4-13-14(9-12)16-11(2)15-13/h3-4,9-10H,5-8H2,1-2H3,(H,15,16). The molecule has 20 heavy (non-hydrogen) atoms. The van der Waals surface area contributed by atoms with Gasteiger partial charge in [-0.25, -0.2) is 13.4 Å². The Labute approximate surface area is 119 Å². The van der Waals surface area contributed by atoms with Gasteiger partial charge in [-0.2, -0.15) is 4.31 Å². The second kappa shape index (κ2) is 4.86. The molecule has 1 aromatic heterocycles. The molecule has 2 heterocycles. The first kappa shape index (κ1) is 13.6. The number of piperidine rings is 1. The molecule has 0 aliphatic carbocycles. The third kappa shape index (κ3) is 2.33. The van der Waals surface area contributed by atoms with E-state index < -0.39 is 10.0 Å². The fourth-order valence-corrected chi connectivity index (χ4v) is 4.15. The third-order valence-corrected chi connectivity index (χ3v) is 5.85. The lowest BCUT2D eigenvalue weighted by Gasteiger charge is -2.29. The number of imidazole rings is 1. The van der Waals surface area contributed by atoms with Crippen molar-refractivity contribution in [2.24, 2.45) is 5.92 Å². The molecule has 0 bridgehead atoms. The zero-order valence-electron chi connectivity index (χ0n) is 11.8. The van der Waals surface area contributed by atoms with Gasteiger partial charge in [0, 0.05) is 13.1 Å². The summed E-state index contributed by atoms with van der Waals surface area (Å²) in [4.78, 5) is 7.73. The highest BCUT2D eigenvalue weighted by Gasteiger charge is 2.28. The van der Waals surface area contributed by atoms with Crippen molar-refractivity contribution in [2.75, 3.05) is 13.1 Å². The molecule has 0 unspecified atom stereocenters. The van der Waals surface area contributed by atoms with E-state index in [9.17, 15) is 8.42 Å². The lowest BCUT2D eigenvalue weighted by atomic mass is 10.0. The van der Waals surface area contributed by atoms with E-state index in [2.05, 4.69) is 16.9 Å². The molecule has 0 amide bonds. The smallest absolute Gasteiger partial charge is 0.243 e. The van der Waals surface area contributed by atoms with Crippen LogP contribution in [0.25, 0.3) is 11.0 Å². The molecule has 1 aliphatic heterocycles. The van der Waals surface area contributed by atoms with E-state index in [4.69, 9.17) is 0 Å². The summed E-state index contributed by atoms with van der Waals surface area (Å²) in [6, 6.07) is 5.09. The SMILES string of the molecule is Cc1nc2ccc(S(=O)(=O)N3CCC(C)CC3)cc2[nH]1. The van der Waals surface area contributed by atoms with Gasteiger partial charge in [0.2, 0.25) is 10.0 Å². The minimum Gasteiger partial charge on any atom is -0.342 e. The molecule has 3 rings (SSSR count). The fraction of sp³-hybridized carbons (Fsp3) is 0.500. The van der Waals surface area contributed by atoms with Crippen molar-refractivity contribution in [2.45, 2.75) is 31.6 Å². The van der Waals surface area contributed by atoms with Gasteiger partial charge in [0.25, 0.3) is 0 Å². The summed E-state index contributed by atoms with van der Waals surface area (Å²) in [6.07, 6.45) is 1.87. The van der Waals surface area contributed by atoms with Gasteiger partial charge in [0.05, 0.1) is 15.9 Å². The Balaban J connectivity index is 1.96. The minimum atomic E-state index is -3.38. The lowest BCUT2D eigenvalue weighted by Crippen LogP contribution is -2.37. The predicted molar refractivity (Wildman–Crippen MR) is 78.0 cm³/mol. The molecule has 2 aromatic rings. The van der Waals surface area contributed by atoms with Gasteiger partial charge in [-0.3, -0.25) is 0 Å². The molecule has 1 aliphatic rings. The highest BCUT2D eigenvalue weighted by molar-refractivity contribution is 7.89. The maximum atomic E-state index is 12.6. The monoisotopic (exact) mass is 293 g/mol. The summed E-state index contributed by atoms with van der Waals surface area (Å²) in [5.41, 5.74) is 1.57. The van der Waals surface area contributed by atoms with E-state index in [0.717, 1.165) is 29.7 Å². The largest absolute Gasteiger partial charge is 0.342 e. The second-order valence-electron chi connectivity index (χ2n) is 5.59. The normalized spacial score (nSPS) is 18.7. The van der Waals surface area contributed by atoms with Crippen LogP contribution in [0.1, 0.15) is 25.6 Å². The average molecular weight is 293 g/mol. The molecule has 5 nitrogen and oxygen atoms in total. The van der Waals surface area contributed by atoms with Gasteiger partial charge >= 0.3 is 0 Å². The number of nitrogens with one attached hydrogen (secondary N) is 1. The highest BCUT2D eigenvalue weighted by atomic mass is 32.2. The molecule has 108 valence electrons. The van der Waals surface area contributed by atoms with Crippen LogP contribution in [0.3, 0.4) is 0 Å². The van der Waals surface area contributed by atoms with Crippen molar-refractivity contribution in [3.05, 3.63) is 24.0 Å². The summed E-state index contributed by atoms with van der Waals surface area (Å²) < 4.78 is 26.9. The van der Waals surface area contributed by atoms with Gasteiger partial charge in [0.1, 0.15) is 5.82 Å². The molecule has 1 aromatic carbocycles. The zero-order valence-corrected chi connectivity index (χ0v) is 12.6. The van der Waals surface area contributed by atoms with Crippen LogP contribution in [0.15, 0.2) is 23.1 Å². The van der Waals surface area contributed by atoms with Crippen LogP contribution < -0.4 is 0 Å². The minimum absolute atomic E-state index is 0.350. The number of aromatic amines is 1. The van der Waals surface area contributed by atoms with Crippen molar-refractivity contribution < 1.29 is 8.42 Å². The Morgan fingerprint density at radius 1 is 1.30 bits per heavy atom. The average Bonchev–Trinajstić information content (AvgIpc) is 2.78.